The largest absolute Gasteiger partial charge is 0.379 e. The van der Waals surface area contributed by atoms with Crippen LogP contribution in [0.25, 0.3) is 0 Å². The molecule has 1 N–H and O–H groups in total. The molecule has 3 fully saturated rings. The molecule has 0 aromatic heterocycles. The monoisotopic (exact) mass is 238 g/mol. The van der Waals surface area contributed by atoms with Crippen LogP contribution in [0.15, 0.2) is 0 Å². The second kappa shape index (κ2) is 3.98. The molecule has 2 heterocycles. The third-order valence-corrected chi connectivity index (χ3v) is 4.31. The van der Waals surface area contributed by atoms with Gasteiger partial charge in [-0.1, -0.05) is 6.42 Å². The van der Waals surface area contributed by atoms with Crippen LogP contribution >= 0.6 is 0 Å². The molecule has 1 unspecified atom stereocenters. The third-order valence-electron chi connectivity index (χ3n) is 4.31. The normalized spacial score (nSPS) is 32.2. The molecular weight excluding hydrogens is 220 g/mol. The fraction of sp³-hybridized carbons (Fsp3) is 0.833. The lowest BCUT2D eigenvalue weighted by Crippen LogP contribution is -2.48. The van der Waals surface area contributed by atoms with E-state index in [-0.39, 0.29) is 23.4 Å². The van der Waals surface area contributed by atoms with Crippen LogP contribution in [0.2, 0.25) is 0 Å². The number of ether oxygens (including phenoxy) is 1. The van der Waals surface area contributed by atoms with E-state index in [0.717, 1.165) is 19.3 Å². The SMILES string of the molecule is O=C1CC2(CCC2)CNC(=O)N1C1CCOC1. The first-order valence-electron chi connectivity index (χ1n) is 6.38. The van der Waals surface area contributed by atoms with Gasteiger partial charge in [-0.2, -0.15) is 0 Å². The second-order valence-corrected chi connectivity index (χ2v) is 5.47. The van der Waals surface area contributed by atoms with Gasteiger partial charge in [-0.3, -0.25) is 9.69 Å². The first-order valence-corrected chi connectivity index (χ1v) is 6.38. The number of urea groups is 1. The molecule has 3 aliphatic rings. The molecule has 1 aliphatic carbocycles. The number of hydrogen-bond acceptors (Lipinski definition) is 3. The zero-order valence-corrected chi connectivity index (χ0v) is 9.91. The first kappa shape index (κ1) is 11.0. The molecule has 17 heavy (non-hydrogen) atoms. The van der Waals surface area contributed by atoms with Crippen molar-refractivity contribution in [1.29, 1.82) is 0 Å². The number of hydrogen-bond donors (Lipinski definition) is 1. The Balaban J connectivity index is 1.78. The predicted molar refractivity (Wildman–Crippen MR) is 60.4 cm³/mol. The Kier molecular flexibility index (Phi) is 2.58. The Labute approximate surface area is 100 Å². The summed E-state index contributed by atoms with van der Waals surface area (Å²) in [5.41, 5.74) is 0.0565. The molecule has 1 spiro atoms. The van der Waals surface area contributed by atoms with Crippen molar-refractivity contribution in [3.8, 4) is 0 Å². The van der Waals surface area contributed by atoms with Gasteiger partial charge < -0.3 is 10.1 Å². The maximum absolute atomic E-state index is 12.2. The summed E-state index contributed by atoms with van der Waals surface area (Å²) in [5.74, 6) is -0.0183. The minimum atomic E-state index is -0.228. The van der Waals surface area contributed by atoms with E-state index in [2.05, 4.69) is 5.32 Å². The van der Waals surface area contributed by atoms with Gasteiger partial charge in [0, 0.05) is 19.6 Å². The van der Waals surface area contributed by atoms with Crippen molar-refractivity contribution in [2.24, 2.45) is 5.41 Å². The summed E-state index contributed by atoms with van der Waals surface area (Å²) in [7, 11) is 0. The minimum absolute atomic E-state index is 0.0183. The molecule has 94 valence electrons. The average Bonchev–Trinajstić information content (AvgIpc) is 2.71. The van der Waals surface area contributed by atoms with Gasteiger partial charge in [-0.25, -0.2) is 4.79 Å². The van der Waals surface area contributed by atoms with Crippen LogP contribution in [-0.2, 0) is 9.53 Å². The van der Waals surface area contributed by atoms with E-state index in [1.165, 1.54) is 11.3 Å². The van der Waals surface area contributed by atoms with Gasteiger partial charge >= 0.3 is 6.03 Å². The molecule has 3 amide bonds. The van der Waals surface area contributed by atoms with Crippen molar-refractivity contribution in [3.05, 3.63) is 0 Å². The van der Waals surface area contributed by atoms with Crippen LogP contribution in [0, 0.1) is 5.41 Å². The van der Waals surface area contributed by atoms with Crippen LogP contribution in [0.1, 0.15) is 32.1 Å². The summed E-state index contributed by atoms with van der Waals surface area (Å²) in [6, 6.07) is -0.285. The van der Waals surface area contributed by atoms with Gasteiger partial charge in [0.2, 0.25) is 5.91 Å². The molecule has 0 bridgehead atoms. The van der Waals surface area contributed by atoms with Crippen molar-refractivity contribution in [1.82, 2.24) is 10.2 Å². The van der Waals surface area contributed by atoms with Gasteiger partial charge in [-0.15, -0.1) is 0 Å². The quantitative estimate of drug-likeness (QED) is 0.738. The highest BCUT2D eigenvalue weighted by Gasteiger charge is 2.45. The van der Waals surface area contributed by atoms with Crippen molar-refractivity contribution >= 4 is 11.9 Å². The Bertz CT molecular complexity index is 346. The molecule has 2 saturated heterocycles. The summed E-state index contributed by atoms with van der Waals surface area (Å²) in [6.07, 6.45) is 4.59. The molecule has 5 heteroatoms. The Morgan fingerprint density at radius 2 is 2.18 bits per heavy atom. The van der Waals surface area contributed by atoms with Crippen LogP contribution in [0.3, 0.4) is 0 Å². The van der Waals surface area contributed by atoms with Gasteiger partial charge in [0.05, 0.1) is 12.6 Å². The van der Waals surface area contributed by atoms with Crippen molar-refractivity contribution in [2.45, 2.75) is 38.1 Å². The summed E-state index contributed by atoms with van der Waals surface area (Å²) >= 11 is 0. The number of nitrogens with one attached hydrogen (secondary N) is 1. The van der Waals surface area contributed by atoms with E-state index < -0.39 is 0 Å². The third kappa shape index (κ3) is 1.82. The highest BCUT2D eigenvalue weighted by atomic mass is 16.5. The zero-order valence-electron chi connectivity index (χ0n) is 9.91. The molecule has 2 aliphatic heterocycles. The Hall–Kier alpha value is -1.10. The molecule has 5 nitrogen and oxygen atoms in total. The van der Waals surface area contributed by atoms with E-state index >= 15 is 0 Å². The Morgan fingerprint density at radius 3 is 2.76 bits per heavy atom. The van der Waals surface area contributed by atoms with E-state index in [0.29, 0.717) is 26.2 Å². The number of imide groups is 1. The standard InChI is InChI=1S/C12H18N2O3/c15-10-6-12(3-1-4-12)8-13-11(16)14(10)9-2-5-17-7-9/h9H,1-8H2,(H,13,16). The van der Waals surface area contributed by atoms with Gasteiger partial charge in [0.1, 0.15) is 0 Å². The van der Waals surface area contributed by atoms with Crippen LogP contribution in [0.5, 0.6) is 0 Å². The molecule has 3 rings (SSSR count). The molecule has 1 saturated carbocycles. The summed E-state index contributed by atoms with van der Waals surface area (Å²) in [4.78, 5) is 25.6. The van der Waals surface area contributed by atoms with Crippen LogP contribution in [-0.4, -0.2) is 42.6 Å². The van der Waals surface area contributed by atoms with Gasteiger partial charge in [-0.05, 0) is 24.7 Å². The zero-order chi connectivity index (χ0) is 11.9. The highest BCUT2D eigenvalue weighted by molar-refractivity contribution is 5.96. The number of carbonyl (C=O) groups excluding carboxylic acids is 2. The average molecular weight is 238 g/mol. The molecule has 0 radical (unpaired) electrons. The maximum atomic E-state index is 12.2. The minimum Gasteiger partial charge on any atom is -0.379 e. The number of carbonyl (C=O) groups is 2. The van der Waals surface area contributed by atoms with Crippen molar-refractivity contribution in [3.63, 3.8) is 0 Å². The van der Waals surface area contributed by atoms with Crippen LogP contribution < -0.4 is 5.32 Å². The fourth-order valence-corrected chi connectivity index (χ4v) is 3.06. The first-order chi connectivity index (χ1) is 8.20. The summed E-state index contributed by atoms with van der Waals surface area (Å²) in [5, 5.41) is 2.91. The molecule has 0 aromatic rings. The number of rotatable bonds is 1. The molecule has 1 atom stereocenters. The lowest BCUT2D eigenvalue weighted by Gasteiger charge is -2.40. The van der Waals surface area contributed by atoms with Crippen molar-refractivity contribution in [2.75, 3.05) is 19.8 Å². The van der Waals surface area contributed by atoms with E-state index in [4.69, 9.17) is 4.74 Å². The fourth-order valence-electron chi connectivity index (χ4n) is 3.06. The predicted octanol–water partition coefficient (Wildman–Crippen LogP) is 0.887. The lowest BCUT2D eigenvalue weighted by molar-refractivity contribution is -0.132. The van der Waals surface area contributed by atoms with E-state index in [9.17, 15) is 9.59 Å². The smallest absolute Gasteiger partial charge is 0.324 e. The number of nitrogens with zero attached hydrogens (tertiary/aromatic N) is 1. The van der Waals surface area contributed by atoms with Gasteiger partial charge in [0.25, 0.3) is 0 Å². The number of amides is 3. The maximum Gasteiger partial charge on any atom is 0.324 e. The second-order valence-electron chi connectivity index (χ2n) is 5.47. The summed E-state index contributed by atoms with van der Waals surface area (Å²) in [6.45, 7) is 1.79. The van der Waals surface area contributed by atoms with E-state index in [1.807, 2.05) is 0 Å². The van der Waals surface area contributed by atoms with E-state index in [1.54, 1.807) is 0 Å². The summed E-state index contributed by atoms with van der Waals surface area (Å²) < 4.78 is 5.27. The van der Waals surface area contributed by atoms with Crippen LogP contribution in [0.4, 0.5) is 4.79 Å². The molecular formula is C12H18N2O3. The lowest BCUT2D eigenvalue weighted by atomic mass is 9.66. The van der Waals surface area contributed by atoms with Crippen molar-refractivity contribution < 1.29 is 14.3 Å². The Morgan fingerprint density at radius 1 is 1.35 bits per heavy atom. The van der Waals surface area contributed by atoms with Gasteiger partial charge in [0.15, 0.2) is 0 Å². The topological polar surface area (TPSA) is 58.6 Å². The molecule has 0 aromatic carbocycles. The highest BCUT2D eigenvalue weighted by Crippen LogP contribution is 2.44.